The number of ether oxygens (including phenoxy) is 1. The molecule has 1 aliphatic rings. The van der Waals surface area contributed by atoms with E-state index in [4.69, 9.17) is 4.74 Å². The van der Waals surface area contributed by atoms with E-state index in [1.165, 1.54) is 0 Å². The predicted molar refractivity (Wildman–Crippen MR) is 79.2 cm³/mol. The van der Waals surface area contributed by atoms with Crippen molar-refractivity contribution in [2.75, 3.05) is 0 Å². The number of unbranched alkanes of at least 4 members (excludes halogenated alkanes) is 1. The van der Waals surface area contributed by atoms with Crippen molar-refractivity contribution in [1.82, 2.24) is 0 Å². The van der Waals surface area contributed by atoms with Crippen LogP contribution in [0.4, 0.5) is 0 Å². The first-order valence-corrected chi connectivity index (χ1v) is 7.29. The second kappa shape index (κ2) is 5.39. The van der Waals surface area contributed by atoms with Crippen LogP contribution in [0.15, 0.2) is 54.6 Å². The molecule has 2 atom stereocenters. The van der Waals surface area contributed by atoms with Crippen LogP contribution in [0.2, 0.25) is 0 Å². The third-order valence-corrected chi connectivity index (χ3v) is 3.95. The van der Waals surface area contributed by atoms with Crippen molar-refractivity contribution in [1.29, 1.82) is 0 Å². The molecule has 0 spiro atoms. The first kappa shape index (κ1) is 13.3. The van der Waals surface area contributed by atoms with E-state index < -0.39 is 5.79 Å². The van der Waals surface area contributed by atoms with Crippen molar-refractivity contribution in [3.05, 3.63) is 71.3 Å². The Morgan fingerprint density at radius 1 is 1.05 bits per heavy atom. The molecule has 1 aliphatic heterocycles. The summed E-state index contributed by atoms with van der Waals surface area (Å²) in [6.07, 6.45) is 2.47. The van der Waals surface area contributed by atoms with Crippen LogP contribution in [0.3, 0.4) is 0 Å². The molecule has 2 aromatic rings. The molecular formula is C18H20O2. The zero-order chi connectivity index (χ0) is 14.0. The normalized spacial score (nSPS) is 24.6. The summed E-state index contributed by atoms with van der Waals surface area (Å²) in [6.45, 7) is 2.12. The van der Waals surface area contributed by atoms with E-state index in [1.807, 2.05) is 48.5 Å². The van der Waals surface area contributed by atoms with Gasteiger partial charge in [0.1, 0.15) is 6.10 Å². The molecule has 0 aromatic heterocycles. The summed E-state index contributed by atoms with van der Waals surface area (Å²) >= 11 is 0. The van der Waals surface area contributed by atoms with E-state index in [0.717, 1.165) is 29.5 Å². The molecule has 0 aliphatic carbocycles. The number of fused-ring (bicyclic) bond motifs is 1. The largest absolute Gasteiger partial charge is 0.362 e. The fourth-order valence-corrected chi connectivity index (χ4v) is 2.89. The summed E-state index contributed by atoms with van der Waals surface area (Å²) in [6, 6.07) is 18.1. The van der Waals surface area contributed by atoms with Crippen LogP contribution in [0.5, 0.6) is 0 Å². The minimum Gasteiger partial charge on any atom is -0.362 e. The summed E-state index contributed by atoms with van der Waals surface area (Å²) in [5.41, 5.74) is 3.09. The number of benzene rings is 2. The molecule has 104 valence electrons. The lowest BCUT2D eigenvalue weighted by atomic mass is 9.94. The Morgan fingerprint density at radius 2 is 1.75 bits per heavy atom. The molecule has 1 N–H and O–H groups in total. The van der Waals surface area contributed by atoms with Crippen LogP contribution in [0, 0.1) is 0 Å². The number of rotatable bonds is 4. The molecule has 0 saturated carbocycles. The van der Waals surface area contributed by atoms with E-state index in [2.05, 4.69) is 13.0 Å². The summed E-state index contributed by atoms with van der Waals surface area (Å²) < 4.78 is 6.06. The molecular weight excluding hydrogens is 248 g/mol. The van der Waals surface area contributed by atoms with Crippen molar-refractivity contribution in [3.8, 4) is 0 Å². The van der Waals surface area contributed by atoms with E-state index in [0.29, 0.717) is 6.42 Å². The van der Waals surface area contributed by atoms with Gasteiger partial charge in [-0.2, -0.15) is 0 Å². The molecule has 1 heterocycles. The van der Waals surface area contributed by atoms with E-state index in [1.54, 1.807) is 0 Å². The van der Waals surface area contributed by atoms with E-state index in [9.17, 15) is 5.11 Å². The predicted octanol–water partition coefficient (Wildman–Crippen LogP) is 4.14. The third-order valence-electron chi connectivity index (χ3n) is 3.95. The quantitative estimate of drug-likeness (QED) is 0.903. The molecule has 2 aromatic carbocycles. The van der Waals surface area contributed by atoms with Gasteiger partial charge in [-0.1, -0.05) is 67.9 Å². The summed E-state index contributed by atoms with van der Waals surface area (Å²) in [4.78, 5) is 0. The van der Waals surface area contributed by atoms with Crippen LogP contribution in [-0.4, -0.2) is 5.11 Å². The van der Waals surface area contributed by atoms with Gasteiger partial charge in [-0.05, 0) is 17.5 Å². The summed E-state index contributed by atoms with van der Waals surface area (Å²) in [5, 5.41) is 10.9. The lowest BCUT2D eigenvalue weighted by molar-refractivity contribution is -0.219. The van der Waals surface area contributed by atoms with E-state index in [-0.39, 0.29) is 6.10 Å². The van der Waals surface area contributed by atoms with Crippen molar-refractivity contribution in [2.24, 2.45) is 0 Å². The summed E-state index contributed by atoms with van der Waals surface area (Å²) in [7, 11) is 0. The molecule has 0 saturated heterocycles. The minimum absolute atomic E-state index is 0.172. The highest BCUT2D eigenvalue weighted by Gasteiger charge is 2.43. The van der Waals surface area contributed by atoms with Crippen molar-refractivity contribution in [2.45, 2.75) is 38.1 Å². The zero-order valence-corrected chi connectivity index (χ0v) is 11.8. The van der Waals surface area contributed by atoms with Gasteiger partial charge in [0.15, 0.2) is 5.79 Å². The molecule has 2 unspecified atom stereocenters. The van der Waals surface area contributed by atoms with Crippen LogP contribution >= 0.6 is 0 Å². The van der Waals surface area contributed by atoms with Crippen LogP contribution in [-0.2, 0) is 10.5 Å². The monoisotopic (exact) mass is 268 g/mol. The Balaban J connectivity index is 2.00. The first-order chi connectivity index (χ1) is 9.74. The third kappa shape index (κ3) is 2.26. The van der Waals surface area contributed by atoms with Gasteiger partial charge in [-0.25, -0.2) is 0 Å². The maximum absolute atomic E-state index is 10.9. The zero-order valence-electron chi connectivity index (χ0n) is 11.8. The Labute approximate surface area is 120 Å². The van der Waals surface area contributed by atoms with Gasteiger partial charge in [-0.3, -0.25) is 0 Å². The van der Waals surface area contributed by atoms with Gasteiger partial charge in [0, 0.05) is 12.0 Å². The Morgan fingerprint density at radius 3 is 2.50 bits per heavy atom. The van der Waals surface area contributed by atoms with E-state index >= 15 is 0 Å². The Kier molecular flexibility index (Phi) is 3.60. The SMILES string of the molecule is CCCCC1(O)OC(c2ccccc2)c2ccccc21. The number of hydrogen-bond acceptors (Lipinski definition) is 2. The fraction of sp³-hybridized carbons (Fsp3) is 0.333. The van der Waals surface area contributed by atoms with Crippen molar-refractivity contribution < 1.29 is 9.84 Å². The molecule has 3 rings (SSSR count). The number of hydrogen-bond donors (Lipinski definition) is 1. The van der Waals surface area contributed by atoms with Crippen LogP contribution < -0.4 is 0 Å². The topological polar surface area (TPSA) is 29.5 Å². The molecule has 0 fully saturated rings. The second-order valence-electron chi connectivity index (χ2n) is 5.38. The average Bonchev–Trinajstić information content (AvgIpc) is 2.81. The molecule has 20 heavy (non-hydrogen) atoms. The molecule has 0 radical (unpaired) electrons. The first-order valence-electron chi connectivity index (χ1n) is 7.29. The van der Waals surface area contributed by atoms with Crippen LogP contribution in [0.1, 0.15) is 49.0 Å². The van der Waals surface area contributed by atoms with Gasteiger partial charge < -0.3 is 9.84 Å². The van der Waals surface area contributed by atoms with Gasteiger partial charge in [0.2, 0.25) is 0 Å². The molecule has 2 nitrogen and oxygen atoms in total. The maximum Gasteiger partial charge on any atom is 0.193 e. The van der Waals surface area contributed by atoms with Crippen molar-refractivity contribution in [3.63, 3.8) is 0 Å². The van der Waals surface area contributed by atoms with Crippen molar-refractivity contribution >= 4 is 0 Å². The molecule has 0 bridgehead atoms. The summed E-state index contributed by atoms with van der Waals surface area (Å²) in [5.74, 6) is -1.15. The standard InChI is InChI=1S/C18H20O2/c1-2-3-13-18(19)16-12-8-7-11-15(16)17(20-18)14-9-5-4-6-10-14/h4-12,17,19H,2-3,13H2,1H3. The average molecular weight is 268 g/mol. The van der Waals surface area contributed by atoms with Gasteiger partial charge in [0.25, 0.3) is 0 Å². The maximum atomic E-state index is 10.9. The Hall–Kier alpha value is -1.64. The van der Waals surface area contributed by atoms with Crippen LogP contribution in [0.25, 0.3) is 0 Å². The van der Waals surface area contributed by atoms with Gasteiger partial charge in [-0.15, -0.1) is 0 Å². The second-order valence-corrected chi connectivity index (χ2v) is 5.38. The lowest BCUT2D eigenvalue weighted by Crippen LogP contribution is -2.25. The smallest absolute Gasteiger partial charge is 0.193 e. The number of aliphatic hydroxyl groups is 1. The van der Waals surface area contributed by atoms with Gasteiger partial charge in [0.05, 0.1) is 0 Å². The Bertz CT molecular complexity index is 579. The highest BCUT2D eigenvalue weighted by molar-refractivity contribution is 5.41. The lowest BCUT2D eigenvalue weighted by Gasteiger charge is -2.24. The highest BCUT2D eigenvalue weighted by Crippen LogP contribution is 2.47. The minimum atomic E-state index is -1.15. The highest BCUT2D eigenvalue weighted by atomic mass is 16.6. The molecule has 0 amide bonds. The fourth-order valence-electron chi connectivity index (χ4n) is 2.89. The molecule has 2 heteroatoms. The van der Waals surface area contributed by atoms with Gasteiger partial charge >= 0.3 is 0 Å².